The maximum Gasteiger partial charge on any atom is 0.251 e. The Morgan fingerprint density at radius 2 is 1.68 bits per heavy atom. The maximum absolute atomic E-state index is 13.2. The first-order valence-electron chi connectivity index (χ1n) is 12.9. The summed E-state index contributed by atoms with van der Waals surface area (Å²) >= 11 is 0. The SMILES string of the molecule is CC(NC(=O)c1ccc(F)cc1)/C(N)=C/N(N)[C@@H](CC(=O)NO)Cc1ccc2c(c1)C(C)(C)CCC2(C)C. The molecule has 2 atom stereocenters. The van der Waals surface area contributed by atoms with Crippen molar-refractivity contribution in [3.63, 3.8) is 0 Å². The van der Waals surface area contributed by atoms with Crippen LogP contribution in [-0.2, 0) is 22.0 Å². The van der Waals surface area contributed by atoms with Crippen molar-refractivity contribution in [2.24, 2.45) is 11.6 Å². The van der Waals surface area contributed by atoms with E-state index >= 15 is 0 Å². The molecule has 9 heteroatoms. The van der Waals surface area contributed by atoms with Gasteiger partial charge in [-0.2, -0.15) is 0 Å². The monoisotopic (exact) mass is 525 g/mol. The fourth-order valence-corrected chi connectivity index (χ4v) is 4.93. The number of hydrogen-bond donors (Lipinski definition) is 5. The highest BCUT2D eigenvalue weighted by Gasteiger charge is 2.37. The van der Waals surface area contributed by atoms with Crippen LogP contribution >= 0.6 is 0 Å². The zero-order chi connectivity index (χ0) is 28.3. The molecule has 3 rings (SSSR count). The van der Waals surface area contributed by atoms with E-state index in [2.05, 4.69) is 51.2 Å². The lowest BCUT2D eigenvalue weighted by Crippen LogP contribution is -2.44. The summed E-state index contributed by atoms with van der Waals surface area (Å²) in [5.74, 6) is 4.94. The quantitative estimate of drug-likeness (QED) is 0.192. The minimum Gasteiger partial charge on any atom is -0.399 e. The van der Waals surface area contributed by atoms with E-state index in [9.17, 15) is 14.0 Å². The van der Waals surface area contributed by atoms with Crippen molar-refractivity contribution >= 4 is 11.8 Å². The molecule has 0 saturated carbocycles. The number of carbonyl (C=O) groups is 2. The number of amides is 2. The fraction of sp³-hybridized carbons (Fsp3) is 0.448. The van der Waals surface area contributed by atoms with Crippen LogP contribution in [0, 0.1) is 5.82 Å². The summed E-state index contributed by atoms with van der Waals surface area (Å²) in [6, 6.07) is 10.5. The summed E-state index contributed by atoms with van der Waals surface area (Å²) < 4.78 is 13.2. The summed E-state index contributed by atoms with van der Waals surface area (Å²) in [4.78, 5) is 24.6. The third-order valence-electron chi connectivity index (χ3n) is 7.61. The second kappa shape index (κ2) is 11.5. The Kier molecular flexibility index (Phi) is 8.84. The lowest BCUT2D eigenvalue weighted by molar-refractivity contribution is -0.130. The van der Waals surface area contributed by atoms with Crippen molar-refractivity contribution in [2.75, 3.05) is 0 Å². The lowest BCUT2D eigenvalue weighted by atomic mass is 9.63. The zero-order valence-corrected chi connectivity index (χ0v) is 22.8. The second-order valence-corrected chi connectivity index (χ2v) is 11.5. The Balaban J connectivity index is 1.80. The second-order valence-electron chi connectivity index (χ2n) is 11.5. The molecule has 8 nitrogen and oxygen atoms in total. The number of nitrogens with two attached hydrogens (primary N) is 2. The zero-order valence-electron chi connectivity index (χ0n) is 22.8. The van der Waals surface area contributed by atoms with Gasteiger partial charge in [0.25, 0.3) is 5.91 Å². The molecule has 7 N–H and O–H groups in total. The van der Waals surface area contributed by atoms with Gasteiger partial charge in [0.1, 0.15) is 5.82 Å². The minimum absolute atomic E-state index is 0.0315. The highest BCUT2D eigenvalue weighted by molar-refractivity contribution is 5.94. The number of benzene rings is 2. The molecule has 0 saturated heterocycles. The van der Waals surface area contributed by atoms with Crippen molar-refractivity contribution in [1.82, 2.24) is 15.8 Å². The number of carbonyl (C=O) groups excluding carboxylic acids is 2. The Morgan fingerprint density at radius 3 is 2.29 bits per heavy atom. The van der Waals surface area contributed by atoms with Crippen molar-refractivity contribution in [2.45, 2.75) is 83.2 Å². The highest BCUT2D eigenvalue weighted by Crippen LogP contribution is 2.46. The Bertz CT molecular complexity index is 1190. The van der Waals surface area contributed by atoms with Gasteiger partial charge < -0.3 is 16.1 Å². The van der Waals surface area contributed by atoms with Gasteiger partial charge in [-0.3, -0.25) is 14.8 Å². The van der Waals surface area contributed by atoms with Crippen LogP contribution in [0.3, 0.4) is 0 Å². The van der Waals surface area contributed by atoms with Gasteiger partial charge in [0.15, 0.2) is 0 Å². The number of rotatable bonds is 9. The molecule has 0 bridgehead atoms. The smallest absolute Gasteiger partial charge is 0.251 e. The number of hydrogen-bond acceptors (Lipinski definition) is 6. The van der Waals surface area contributed by atoms with E-state index in [0.717, 1.165) is 18.4 Å². The summed E-state index contributed by atoms with van der Waals surface area (Å²) in [6.45, 7) is 10.7. The molecular formula is C29H40FN5O3. The number of halogens is 1. The van der Waals surface area contributed by atoms with E-state index in [1.54, 1.807) is 12.4 Å². The molecule has 0 fully saturated rings. The van der Waals surface area contributed by atoms with E-state index in [4.69, 9.17) is 16.8 Å². The molecule has 2 amide bonds. The fourth-order valence-electron chi connectivity index (χ4n) is 4.93. The predicted octanol–water partition coefficient (Wildman–Crippen LogP) is 3.78. The third kappa shape index (κ3) is 6.90. The summed E-state index contributed by atoms with van der Waals surface area (Å²) in [6.07, 6.45) is 4.04. The standard InChI is InChI=1S/C29H40FN5O3/c1-18(33-27(37)20-7-9-21(30)10-8-20)25(31)17-35(32)22(16-26(36)34-38)14-19-6-11-23-24(15-19)29(4,5)13-12-28(23,2)3/h6-11,15,17-18,22,38H,12-14,16,31-32H2,1-5H3,(H,33,37)(H,34,36)/b25-17-/t18?,22-/m1/s1. The van der Waals surface area contributed by atoms with Crippen LogP contribution in [0.15, 0.2) is 54.4 Å². The molecular weight excluding hydrogens is 485 g/mol. The van der Waals surface area contributed by atoms with E-state index in [1.807, 2.05) is 0 Å². The number of fused-ring (bicyclic) bond motifs is 1. The molecule has 38 heavy (non-hydrogen) atoms. The van der Waals surface area contributed by atoms with E-state index in [-0.39, 0.29) is 22.9 Å². The first-order valence-corrected chi connectivity index (χ1v) is 12.9. The highest BCUT2D eigenvalue weighted by atomic mass is 19.1. The van der Waals surface area contributed by atoms with Crippen molar-refractivity contribution in [1.29, 1.82) is 0 Å². The molecule has 2 aromatic rings. The van der Waals surface area contributed by atoms with Crippen molar-refractivity contribution in [3.05, 3.63) is 82.4 Å². The van der Waals surface area contributed by atoms with E-state index in [0.29, 0.717) is 12.0 Å². The number of nitrogens with one attached hydrogen (secondary N) is 2. The third-order valence-corrected chi connectivity index (χ3v) is 7.61. The van der Waals surface area contributed by atoms with Crippen LogP contribution in [0.2, 0.25) is 0 Å². The first kappa shape index (κ1) is 29.1. The van der Waals surface area contributed by atoms with Crippen LogP contribution in [0.25, 0.3) is 0 Å². The maximum atomic E-state index is 13.2. The van der Waals surface area contributed by atoms with Gasteiger partial charge >= 0.3 is 0 Å². The first-order chi connectivity index (χ1) is 17.7. The van der Waals surface area contributed by atoms with Gasteiger partial charge in [0, 0.05) is 17.5 Å². The van der Waals surface area contributed by atoms with Crippen LogP contribution < -0.4 is 22.4 Å². The molecule has 1 aliphatic rings. The molecule has 0 aliphatic heterocycles. The van der Waals surface area contributed by atoms with E-state index in [1.165, 1.54) is 46.6 Å². The summed E-state index contributed by atoms with van der Waals surface area (Å²) in [5.41, 5.74) is 12.3. The van der Waals surface area contributed by atoms with Gasteiger partial charge in [-0.1, -0.05) is 45.9 Å². The molecule has 1 unspecified atom stereocenters. The van der Waals surface area contributed by atoms with E-state index < -0.39 is 29.7 Å². The van der Waals surface area contributed by atoms with Crippen molar-refractivity contribution in [3.8, 4) is 0 Å². The van der Waals surface area contributed by atoms with Crippen LogP contribution in [0.5, 0.6) is 0 Å². The summed E-state index contributed by atoms with van der Waals surface area (Å²) in [7, 11) is 0. The summed E-state index contributed by atoms with van der Waals surface area (Å²) in [5, 5.41) is 13.2. The molecule has 0 heterocycles. The molecule has 2 aromatic carbocycles. The number of hydroxylamine groups is 1. The molecule has 0 radical (unpaired) electrons. The Labute approximate surface area is 224 Å². The van der Waals surface area contributed by atoms with Gasteiger partial charge in [0.05, 0.1) is 18.5 Å². The van der Waals surface area contributed by atoms with Gasteiger partial charge in [0.2, 0.25) is 5.91 Å². The Morgan fingerprint density at radius 1 is 1.08 bits per heavy atom. The average Bonchev–Trinajstić information content (AvgIpc) is 2.86. The van der Waals surface area contributed by atoms with Gasteiger partial charge in [-0.25, -0.2) is 15.7 Å². The molecule has 206 valence electrons. The predicted molar refractivity (Wildman–Crippen MR) is 145 cm³/mol. The lowest BCUT2D eigenvalue weighted by Gasteiger charge is -2.42. The number of nitrogens with zero attached hydrogens (tertiary/aromatic N) is 1. The van der Waals surface area contributed by atoms with Crippen molar-refractivity contribution < 1.29 is 19.2 Å². The topological polar surface area (TPSA) is 134 Å². The van der Waals surface area contributed by atoms with Crippen LogP contribution in [-0.4, -0.2) is 34.1 Å². The largest absolute Gasteiger partial charge is 0.399 e. The Hall–Kier alpha value is -3.43. The van der Waals surface area contributed by atoms with Gasteiger partial charge in [-0.15, -0.1) is 0 Å². The van der Waals surface area contributed by atoms with Crippen LogP contribution in [0.4, 0.5) is 4.39 Å². The average molecular weight is 526 g/mol. The normalized spacial score (nSPS) is 17.6. The van der Waals surface area contributed by atoms with Crippen LogP contribution in [0.1, 0.15) is 80.9 Å². The molecule has 1 aliphatic carbocycles. The molecule has 0 spiro atoms. The molecule has 0 aromatic heterocycles. The minimum atomic E-state index is -0.585. The van der Waals surface area contributed by atoms with Gasteiger partial charge in [-0.05, 0) is 78.0 Å². The number of hydrazine groups is 1.